The van der Waals surface area contributed by atoms with Crippen LogP contribution in [0.2, 0.25) is 0 Å². The Morgan fingerprint density at radius 1 is 1.03 bits per heavy atom. The van der Waals surface area contributed by atoms with E-state index in [4.69, 9.17) is 9.84 Å². The molecule has 2 aromatic heterocycles. The number of benzene rings is 1. The number of amides is 2. The monoisotopic (exact) mass is 410 g/mol. The Morgan fingerprint density at radius 2 is 1.76 bits per heavy atom. The number of carbonyl (C=O) groups is 2. The molecule has 0 unspecified atom stereocenters. The molecule has 1 aliphatic heterocycles. The number of nitrogens with zero attached hydrogens (tertiary/aromatic N) is 4. The molecule has 8 heteroatoms. The van der Waals surface area contributed by atoms with Gasteiger partial charge in [0.25, 0.3) is 5.91 Å². The molecule has 1 fully saturated rings. The Bertz CT molecular complexity index is 977. The van der Waals surface area contributed by atoms with Gasteiger partial charge in [0.15, 0.2) is 0 Å². The first-order chi connectivity index (χ1) is 14.2. The van der Waals surface area contributed by atoms with Crippen molar-refractivity contribution in [1.82, 2.24) is 19.6 Å². The highest BCUT2D eigenvalue weighted by molar-refractivity contribution is 7.13. The molecule has 0 spiro atoms. The van der Waals surface area contributed by atoms with Crippen molar-refractivity contribution in [3.8, 4) is 16.3 Å². The standard InChI is InChI=1S/C21H22N4O3S/c1-2-28-21(27)24-12-10-23(11-13-24)20(26)17-15-25(16-7-4-3-5-8-16)22-19(17)18-9-6-14-29-18/h3-9,14-15H,2,10-13H2,1H3. The van der Waals surface area contributed by atoms with Crippen LogP contribution < -0.4 is 0 Å². The first kappa shape index (κ1) is 19.2. The highest BCUT2D eigenvalue weighted by atomic mass is 32.1. The second-order valence-corrected chi connectivity index (χ2v) is 7.57. The number of rotatable bonds is 4. The Hall–Kier alpha value is -3.13. The summed E-state index contributed by atoms with van der Waals surface area (Å²) < 4.78 is 6.80. The molecule has 29 heavy (non-hydrogen) atoms. The maximum Gasteiger partial charge on any atom is 0.409 e. The number of carbonyl (C=O) groups excluding carboxylic acids is 2. The highest BCUT2D eigenvalue weighted by Crippen LogP contribution is 2.29. The van der Waals surface area contributed by atoms with Crippen molar-refractivity contribution >= 4 is 23.3 Å². The van der Waals surface area contributed by atoms with E-state index in [1.165, 1.54) is 0 Å². The lowest BCUT2D eigenvalue weighted by Gasteiger charge is -2.34. The number of ether oxygens (including phenoxy) is 1. The zero-order valence-electron chi connectivity index (χ0n) is 16.2. The minimum Gasteiger partial charge on any atom is -0.450 e. The predicted molar refractivity (Wildman–Crippen MR) is 111 cm³/mol. The lowest BCUT2D eigenvalue weighted by atomic mass is 10.1. The van der Waals surface area contributed by atoms with Gasteiger partial charge >= 0.3 is 6.09 Å². The van der Waals surface area contributed by atoms with Crippen molar-refractivity contribution in [2.45, 2.75) is 6.92 Å². The van der Waals surface area contributed by atoms with Crippen molar-refractivity contribution in [3.63, 3.8) is 0 Å². The first-order valence-corrected chi connectivity index (χ1v) is 10.4. The molecule has 4 rings (SSSR count). The summed E-state index contributed by atoms with van der Waals surface area (Å²) in [6.45, 7) is 4.00. The lowest BCUT2D eigenvalue weighted by molar-refractivity contribution is 0.0571. The topological polar surface area (TPSA) is 67.7 Å². The minimum absolute atomic E-state index is 0.0703. The number of hydrogen-bond donors (Lipinski definition) is 0. The van der Waals surface area contributed by atoms with Crippen LogP contribution in [0.3, 0.4) is 0 Å². The highest BCUT2D eigenvalue weighted by Gasteiger charge is 2.28. The van der Waals surface area contributed by atoms with Crippen LogP contribution in [-0.2, 0) is 4.74 Å². The molecule has 1 aromatic carbocycles. The summed E-state index contributed by atoms with van der Waals surface area (Å²) in [6.07, 6.45) is 1.47. The second-order valence-electron chi connectivity index (χ2n) is 6.63. The SMILES string of the molecule is CCOC(=O)N1CCN(C(=O)c2cn(-c3ccccc3)nc2-c2cccs2)CC1. The van der Waals surface area contributed by atoms with Crippen molar-refractivity contribution < 1.29 is 14.3 Å². The van der Waals surface area contributed by atoms with E-state index in [9.17, 15) is 9.59 Å². The Kier molecular flexibility index (Phi) is 5.62. The average Bonchev–Trinajstić information content (AvgIpc) is 3.44. The van der Waals surface area contributed by atoms with E-state index < -0.39 is 0 Å². The van der Waals surface area contributed by atoms with E-state index in [1.807, 2.05) is 47.8 Å². The van der Waals surface area contributed by atoms with E-state index in [0.717, 1.165) is 10.6 Å². The van der Waals surface area contributed by atoms with Gasteiger partial charge in [0.05, 0.1) is 22.7 Å². The Morgan fingerprint density at radius 3 is 2.41 bits per heavy atom. The fraction of sp³-hybridized carbons (Fsp3) is 0.286. The molecule has 2 amide bonds. The third-order valence-corrected chi connectivity index (χ3v) is 5.69. The number of thiophene rings is 1. The van der Waals surface area contributed by atoms with Crippen LogP contribution in [0, 0.1) is 0 Å². The fourth-order valence-corrected chi connectivity index (χ4v) is 4.04. The lowest BCUT2D eigenvalue weighted by Crippen LogP contribution is -2.50. The maximum absolute atomic E-state index is 13.3. The Labute approximate surface area is 173 Å². The quantitative estimate of drug-likeness (QED) is 0.660. The molecule has 7 nitrogen and oxygen atoms in total. The van der Waals surface area contributed by atoms with Gasteiger partial charge in [0, 0.05) is 32.4 Å². The molecule has 3 heterocycles. The molecule has 150 valence electrons. The molecular formula is C21H22N4O3S. The molecule has 0 bridgehead atoms. The molecule has 1 aliphatic rings. The molecule has 0 aliphatic carbocycles. The summed E-state index contributed by atoms with van der Waals surface area (Å²) in [4.78, 5) is 29.6. The average molecular weight is 410 g/mol. The van der Waals surface area contributed by atoms with Gasteiger partial charge in [0.1, 0.15) is 5.69 Å². The van der Waals surface area contributed by atoms with Crippen LogP contribution >= 0.6 is 11.3 Å². The Balaban J connectivity index is 1.58. The predicted octanol–water partition coefficient (Wildman–Crippen LogP) is 3.52. The third-order valence-electron chi connectivity index (χ3n) is 4.81. The first-order valence-electron chi connectivity index (χ1n) is 9.57. The number of para-hydroxylation sites is 1. The van der Waals surface area contributed by atoms with Gasteiger partial charge in [-0.25, -0.2) is 9.48 Å². The van der Waals surface area contributed by atoms with Gasteiger partial charge in [-0.05, 0) is 30.5 Å². The van der Waals surface area contributed by atoms with Gasteiger partial charge in [0.2, 0.25) is 0 Å². The van der Waals surface area contributed by atoms with E-state index in [0.29, 0.717) is 44.0 Å². The molecule has 3 aromatic rings. The van der Waals surface area contributed by atoms with E-state index in [-0.39, 0.29) is 12.0 Å². The summed E-state index contributed by atoms with van der Waals surface area (Å²) in [7, 11) is 0. The smallest absolute Gasteiger partial charge is 0.409 e. The largest absolute Gasteiger partial charge is 0.450 e. The second kappa shape index (κ2) is 8.48. The maximum atomic E-state index is 13.3. The van der Waals surface area contributed by atoms with Crippen molar-refractivity contribution in [2.75, 3.05) is 32.8 Å². The van der Waals surface area contributed by atoms with Gasteiger partial charge in [-0.2, -0.15) is 5.10 Å². The summed E-state index contributed by atoms with van der Waals surface area (Å²) >= 11 is 1.56. The van der Waals surface area contributed by atoms with Gasteiger partial charge in [-0.3, -0.25) is 4.79 Å². The summed E-state index contributed by atoms with van der Waals surface area (Å²) in [5, 5.41) is 6.68. The number of aromatic nitrogens is 2. The van der Waals surface area contributed by atoms with Crippen LogP contribution in [0.1, 0.15) is 17.3 Å². The summed E-state index contributed by atoms with van der Waals surface area (Å²) in [5.41, 5.74) is 2.15. The van der Waals surface area contributed by atoms with Crippen LogP contribution in [-0.4, -0.2) is 64.4 Å². The van der Waals surface area contributed by atoms with E-state index >= 15 is 0 Å². The van der Waals surface area contributed by atoms with Gasteiger partial charge in [-0.1, -0.05) is 24.3 Å². The van der Waals surface area contributed by atoms with E-state index in [2.05, 4.69) is 0 Å². The minimum atomic E-state index is -0.323. The van der Waals surface area contributed by atoms with Gasteiger partial charge < -0.3 is 14.5 Å². The van der Waals surface area contributed by atoms with Crippen molar-refractivity contribution in [1.29, 1.82) is 0 Å². The van der Waals surface area contributed by atoms with Crippen LogP contribution in [0.15, 0.2) is 54.0 Å². The van der Waals surface area contributed by atoms with Crippen LogP contribution in [0.4, 0.5) is 4.79 Å². The molecule has 1 saturated heterocycles. The summed E-state index contributed by atoms with van der Waals surface area (Å²) in [6, 6.07) is 13.7. The fourth-order valence-electron chi connectivity index (χ4n) is 3.32. The molecule has 0 atom stereocenters. The number of hydrogen-bond acceptors (Lipinski definition) is 5. The normalized spacial score (nSPS) is 14.1. The van der Waals surface area contributed by atoms with E-state index in [1.54, 1.807) is 38.9 Å². The molecule has 0 radical (unpaired) electrons. The van der Waals surface area contributed by atoms with Gasteiger partial charge in [-0.15, -0.1) is 11.3 Å². The molecular weight excluding hydrogens is 388 g/mol. The van der Waals surface area contributed by atoms with Crippen molar-refractivity contribution in [2.24, 2.45) is 0 Å². The van der Waals surface area contributed by atoms with Crippen LogP contribution in [0.5, 0.6) is 0 Å². The van der Waals surface area contributed by atoms with Crippen LogP contribution in [0.25, 0.3) is 16.3 Å². The zero-order chi connectivity index (χ0) is 20.2. The zero-order valence-corrected chi connectivity index (χ0v) is 17.0. The van der Waals surface area contributed by atoms with Crippen molar-refractivity contribution in [3.05, 3.63) is 59.6 Å². The molecule has 0 N–H and O–H groups in total. The number of piperazine rings is 1. The summed E-state index contributed by atoms with van der Waals surface area (Å²) in [5.74, 6) is -0.0703. The third kappa shape index (κ3) is 4.02. The molecule has 0 saturated carbocycles.